The molecule has 3 aromatic rings. The highest BCUT2D eigenvalue weighted by atomic mass is 35.5. The number of aromatic nitrogens is 2. The van der Waals surface area contributed by atoms with Crippen LogP contribution in [-0.4, -0.2) is 16.4 Å². The number of H-pyrrole nitrogens is 1. The van der Waals surface area contributed by atoms with E-state index in [0.717, 1.165) is 16.8 Å². The van der Waals surface area contributed by atoms with Gasteiger partial charge in [0.1, 0.15) is 11.6 Å². The summed E-state index contributed by atoms with van der Waals surface area (Å²) in [6, 6.07) is 13.9. The van der Waals surface area contributed by atoms with E-state index in [0.29, 0.717) is 22.8 Å². The Morgan fingerprint density at radius 1 is 1.19 bits per heavy atom. The van der Waals surface area contributed by atoms with Crippen LogP contribution >= 0.6 is 11.6 Å². The Balaban J connectivity index is 1.88. The van der Waals surface area contributed by atoms with Crippen molar-refractivity contribution < 1.29 is 0 Å². The van der Waals surface area contributed by atoms with E-state index in [2.05, 4.69) is 54.2 Å². The zero-order valence-electron chi connectivity index (χ0n) is 15.0. The van der Waals surface area contributed by atoms with Gasteiger partial charge in [0.15, 0.2) is 5.82 Å². The van der Waals surface area contributed by atoms with Gasteiger partial charge >= 0.3 is 0 Å². The van der Waals surface area contributed by atoms with Crippen LogP contribution in [0.3, 0.4) is 0 Å². The average molecular weight is 363 g/mol. The van der Waals surface area contributed by atoms with Crippen molar-refractivity contribution in [1.82, 2.24) is 10.2 Å². The summed E-state index contributed by atoms with van der Waals surface area (Å²) in [7, 11) is 0. The van der Waals surface area contributed by atoms with E-state index in [9.17, 15) is 5.26 Å². The molecule has 0 aliphatic carbocycles. The lowest BCUT2D eigenvalue weighted by atomic mass is 10.0. The molecule has 0 spiro atoms. The average Bonchev–Trinajstić information content (AvgIpc) is 2.99. The smallest absolute Gasteiger partial charge is 0.191 e. The zero-order chi connectivity index (χ0) is 18.7. The maximum Gasteiger partial charge on any atom is 0.191 e. The molecule has 0 saturated carbocycles. The molecule has 1 heterocycles. The van der Waals surface area contributed by atoms with Crippen LogP contribution in [0.2, 0.25) is 5.02 Å². The molecule has 0 unspecified atom stereocenters. The Morgan fingerprint density at radius 2 is 1.92 bits per heavy atom. The van der Waals surface area contributed by atoms with Gasteiger partial charge in [-0.15, -0.1) is 0 Å². The molecule has 1 N–H and O–H groups in total. The highest BCUT2D eigenvalue weighted by Gasteiger charge is 2.12. The number of rotatable bonds is 4. The Labute approximate surface area is 158 Å². The van der Waals surface area contributed by atoms with Crippen molar-refractivity contribution >= 4 is 23.6 Å². The minimum absolute atomic E-state index is 0.403. The van der Waals surface area contributed by atoms with Gasteiger partial charge in [-0.1, -0.05) is 35.9 Å². The molecule has 0 aliphatic heterocycles. The molecule has 1 aromatic heterocycles. The summed E-state index contributed by atoms with van der Waals surface area (Å²) in [6.45, 7) is 6.27. The quantitative estimate of drug-likeness (QED) is 0.648. The second kappa shape index (κ2) is 7.55. The van der Waals surface area contributed by atoms with E-state index >= 15 is 0 Å². The first-order valence-electron chi connectivity index (χ1n) is 8.31. The molecule has 0 radical (unpaired) electrons. The fraction of sp³-hybridized carbons (Fsp3) is 0.190. The topological polar surface area (TPSA) is 64.8 Å². The van der Waals surface area contributed by atoms with Crippen LogP contribution in [0.25, 0.3) is 0 Å². The highest BCUT2D eigenvalue weighted by Crippen LogP contribution is 2.23. The number of halogens is 1. The number of nitrogens with zero attached hydrogens (tertiary/aromatic N) is 3. The number of aryl methyl sites for hydroxylation is 2. The molecular weight excluding hydrogens is 344 g/mol. The van der Waals surface area contributed by atoms with E-state index in [1.165, 1.54) is 16.7 Å². The number of aliphatic imine (C=N–C) groups is 1. The van der Waals surface area contributed by atoms with Crippen molar-refractivity contribution in [2.24, 2.45) is 4.99 Å². The molecule has 2 aromatic carbocycles. The van der Waals surface area contributed by atoms with Gasteiger partial charge in [0, 0.05) is 17.7 Å². The number of benzene rings is 2. The normalized spacial score (nSPS) is 11.0. The summed E-state index contributed by atoms with van der Waals surface area (Å²) in [5.41, 5.74) is 6.92. The van der Waals surface area contributed by atoms with Crippen LogP contribution in [0.15, 0.2) is 41.4 Å². The fourth-order valence-electron chi connectivity index (χ4n) is 2.84. The van der Waals surface area contributed by atoms with E-state index in [1.54, 1.807) is 6.21 Å². The first kappa shape index (κ1) is 17.9. The SMILES string of the molecule is Cc1cc(C=Nc2n[nH]c(Cc3cccc(Cl)c3)c2C#N)cc(C)c1C. The number of hydrogen-bond acceptors (Lipinski definition) is 3. The molecule has 26 heavy (non-hydrogen) atoms. The molecule has 0 saturated heterocycles. The molecule has 0 aliphatic rings. The lowest BCUT2D eigenvalue weighted by Gasteiger charge is -2.05. The summed E-state index contributed by atoms with van der Waals surface area (Å²) in [4.78, 5) is 4.42. The molecule has 0 atom stereocenters. The largest absolute Gasteiger partial charge is 0.279 e. The van der Waals surface area contributed by atoms with E-state index in [-0.39, 0.29) is 0 Å². The maximum absolute atomic E-state index is 9.53. The summed E-state index contributed by atoms with van der Waals surface area (Å²) < 4.78 is 0. The van der Waals surface area contributed by atoms with Crippen molar-refractivity contribution in [2.75, 3.05) is 0 Å². The van der Waals surface area contributed by atoms with Gasteiger partial charge in [-0.2, -0.15) is 10.4 Å². The van der Waals surface area contributed by atoms with Gasteiger partial charge in [0.25, 0.3) is 0 Å². The summed E-state index contributed by atoms with van der Waals surface area (Å²) in [6.07, 6.45) is 2.30. The Morgan fingerprint density at radius 3 is 2.58 bits per heavy atom. The summed E-state index contributed by atoms with van der Waals surface area (Å²) in [5.74, 6) is 0.403. The lowest BCUT2D eigenvalue weighted by molar-refractivity contribution is 0.993. The van der Waals surface area contributed by atoms with Crippen molar-refractivity contribution in [1.29, 1.82) is 5.26 Å². The summed E-state index contributed by atoms with van der Waals surface area (Å²) in [5, 5.41) is 17.3. The minimum Gasteiger partial charge on any atom is -0.279 e. The number of hydrogen-bond donors (Lipinski definition) is 1. The van der Waals surface area contributed by atoms with Gasteiger partial charge in [0.05, 0.1) is 5.69 Å². The third-order valence-electron chi connectivity index (χ3n) is 4.49. The molecule has 5 heteroatoms. The van der Waals surface area contributed by atoms with Crippen LogP contribution in [-0.2, 0) is 6.42 Å². The van der Waals surface area contributed by atoms with Gasteiger partial charge in [-0.3, -0.25) is 5.10 Å². The third-order valence-corrected chi connectivity index (χ3v) is 4.72. The molecule has 0 fully saturated rings. The van der Waals surface area contributed by atoms with Gasteiger partial charge in [0.2, 0.25) is 0 Å². The van der Waals surface area contributed by atoms with Crippen molar-refractivity contribution in [2.45, 2.75) is 27.2 Å². The molecule has 4 nitrogen and oxygen atoms in total. The Bertz CT molecular complexity index is 1000. The van der Waals surface area contributed by atoms with Crippen molar-refractivity contribution in [3.8, 4) is 6.07 Å². The monoisotopic (exact) mass is 362 g/mol. The predicted molar refractivity (Wildman–Crippen MR) is 105 cm³/mol. The number of aromatic amines is 1. The van der Waals surface area contributed by atoms with Crippen LogP contribution in [0, 0.1) is 32.1 Å². The first-order chi connectivity index (χ1) is 12.5. The van der Waals surface area contributed by atoms with Gasteiger partial charge < -0.3 is 0 Å². The number of nitrogens with one attached hydrogen (secondary N) is 1. The highest BCUT2D eigenvalue weighted by molar-refractivity contribution is 6.30. The maximum atomic E-state index is 9.53. The third kappa shape index (κ3) is 3.84. The Hall–Kier alpha value is -2.90. The molecule has 3 rings (SSSR count). The predicted octanol–water partition coefficient (Wildman–Crippen LogP) is 5.20. The zero-order valence-corrected chi connectivity index (χ0v) is 15.7. The van der Waals surface area contributed by atoms with Gasteiger partial charge in [-0.05, 0) is 60.7 Å². The van der Waals surface area contributed by atoms with Crippen LogP contribution < -0.4 is 0 Å². The van der Waals surface area contributed by atoms with Crippen LogP contribution in [0.1, 0.15) is 39.1 Å². The lowest BCUT2D eigenvalue weighted by Crippen LogP contribution is -1.92. The van der Waals surface area contributed by atoms with E-state index in [4.69, 9.17) is 11.6 Å². The molecule has 130 valence electrons. The first-order valence-corrected chi connectivity index (χ1v) is 8.69. The van der Waals surface area contributed by atoms with E-state index in [1.807, 2.05) is 24.3 Å². The van der Waals surface area contributed by atoms with Crippen molar-refractivity contribution in [3.63, 3.8) is 0 Å². The fourth-order valence-corrected chi connectivity index (χ4v) is 3.05. The standard InChI is InChI=1S/C21H19ClN4/c1-13-7-17(8-14(2)15(13)3)12-24-21-19(11-23)20(25-26-21)10-16-5-4-6-18(22)9-16/h4-9,12H,10H2,1-3H3,(H,25,26). The minimum atomic E-state index is 0.403. The Kier molecular flexibility index (Phi) is 5.20. The van der Waals surface area contributed by atoms with Crippen LogP contribution in [0.4, 0.5) is 5.82 Å². The van der Waals surface area contributed by atoms with Crippen LogP contribution in [0.5, 0.6) is 0 Å². The number of nitriles is 1. The summed E-state index contributed by atoms with van der Waals surface area (Å²) >= 11 is 6.03. The second-order valence-electron chi connectivity index (χ2n) is 6.36. The molecule has 0 amide bonds. The van der Waals surface area contributed by atoms with Gasteiger partial charge in [-0.25, -0.2) is 4.99 Å². The van der Waals surface area contributed by atoms with Crippen molar-refractivity contribution in [3.05, 3.63) is 80.5 Å². The molecule has 0 bridgehead atoms. The van der Waals surface area contributed by atoms with E-state index < -0.39 is 0 Å². The second-order valence-corrected chi connectivity index (χ2v) is 6.79. The molecular formula is C21H19ClN4.